The second kappa shape index (κ2) is 7.62. The molecule has 0 radical (unpaired) electrons. The Kier molecular flexibility index (Phi) is 7.81. The summed E-state index contributed by atoms with van der Waals surface area (Å²) in [5.74, 6) is 1.90. The predicted octanol–water partition coefficient (Wildman–Crippen LogP) is 1.77. The molecule has 0 aromatic carbocycles. The van der Waals surface area contributed by atoms with Crippen molar-refractivity contribution in [1.82, 2.24) is 4.90 Å². The summed E-state index contributed by atoms with van der Waals surface area (Å²) in [6.45, 7) is 7.15. The molecule has 84 valence electrons. The van der Waals surface area contributed by atoms with Gasteiger partial charge in [0.15, 0.2) is 5.96 Å². The van der Waals surface area contributed by atoms with Gasteiger partial charge in [0.05, 0.1) is 0 Å². The molecule has 0 aliphatic carbocycles. The summed E-state index contributed by atoms with van der Waals surface area (Å²) in [6.07, 6.45) is 1.22. The van der Waals surface area contributed by atoms with Crippen molar-refractivity contribution < 1.29 is 0 Å². The summed E-state index contributed by atoms with van der Waals surface area (Å²) in [7, 11) is 0. The van der Waals surface area contributed by atoms with Gasteiger partial charge in [0.2, 0.25) is 0 Å². The maximum atomic E-state index is 5.84. The summed E-state index contributed by atoms with van der Waals surface area (Å²) >= 11 is 2.05. The maximum absolute atomic E-state index is 5.84. The SMILES string of the molecule is CCN=C(N)N1CCSC(CC)C1.I. The fourth-order valence-electron chi connectivity index (χ4n) is 1.44. The monoisotopic (exact) mass is 329 g/mol. The van der Waals surface area contributed by atoms with Crippen LogP contribution in [0.1, 0.15) is 20.3 Å². The smallest absolute Gasteiger partial charge is 0.191 e. The molecule has 0 bridgehead atoms. The van der Waals surface area contributed by atoms with Gasteiger partial charge in [-0.25, -0.2) is 0 Å². The van der Waals surface area contributed by atoms with E-state index < -0.39 is 0 Å². The van der Waals surface area contributed by atoms with Gasteiger partial charge >= 0.3 is 0 Å². The minimum absolute atomic E-state index is 0. The maximum Gasteiger partial charge on any atom is 0.191 e. The molecule has 1 saturated heterocycles. The van der Waals surface area contributed by atoms with E-state index in [2.05, 4.69) is 28.6 Å². The second-order valence-corrected chi connectivity index (χ2v) is 4.59. The van der Waals surface area contributed by atoms with E-state index in [-0.39, 0.29) is 24.0 Å². The molecule has 1 aliphatic rings. The first-order chi connectivity index (χ1) is 6.27. The first kappa shape index (κ1) is 14.3. The Labute approximate surface area is 108 Å². The van der Waals surface area contributed by atoms with E-state index in [0.29, 0.717) is 0 Å². The Hall–Kier alpha value is 0.350. The average molecular weight is 329 g/mol. The lowest BCUT2D eigenvalue weighted by molar-refractivity contribution is 0.418. The number of nitrogens with zero attached hydrogens (tertiary/aromatic N) is 2. The number of halogens is 1. The molecule has 2 N–H and O–H groups in total. The molecule has 0 aromatic heterocycles. The highest BCUT2D eigenvalue weighted by Crippen LogP contribution is 2.20. The first-order valence-electron chi connectivity index (χ1n) is 4.94. The quantitative estimate of drug-likeness (QED) is 0.477. The molecule has 1 atom stereocenters. The average Bonchev–Trinajstić information content (AvgIpc) is 2.18. The van der Waals surface area contributed by atoms with Gasteiger partial charge in [-0.05, 0) is 13.3 Å². The third kappa shape index (κ3) is 4.25. The van der Waals surface area contributed by atoms with Crippen LogP contribution in [0.3, 0.4) is 0 Å². The van der Waals surface area contributed by atoms with Crippen LogP contribution in [0.25, 0.3) is 0 Å². The Morgan fingerprint density at radius 2 is 2.29 bits per heavy atom. The summed E-state index contributed by atoms with van der Waals surface area (Å²) in [4.78, 5) is 6.43. The van der Waals surface area contributed by atoms with Gasteiger partial charge in [-0.15, -0.1) is 24.0 Å². The van der Waals surface area contributed by atoms with Gasteiger partial charge in [-0.3, -0.25) is 4.99 Å². The molecule has 5 heteroatoms. The van der Waals surface area contributed by atoms with Crippen LogP contribution in [-0.4, -0.2) is 41.5 Å². The topological polar surface area (TPSA) is 41.6 Å². The molecule has 1 aliphatic heterocycles. The van der Waals surface area contributed by atoms with Gasteiger partial charge in [0, 0.05) is 30.6 Å². The number of guanidine groups is 1. The molecule has 1 unspecified atom stereocenters. The Balaban J connectivity index is 0.00000169. The van der Waals surface area contributed by atoms with Crippen molar-refractivity contribution in [3.05, 3.63) is 0 Å². The zero-order valence-electron chi connectivity index (χ0n) is 8.90. The molecule has 0 amide bonds. The van der Waals surface area contributed by atoms with E-state index in [4.69, 9.17) is 5.73 Å². The minimum atomic E-state index is 0. The van der Waals surface area contributed by atoms with Gasteiger partial charge < -0.3 is 10.6 Å². The van der Waals surface area contributed by atoms with Crippen LogP contribution in [0.15, 0.2) is 4.99 Å². The van der Waals surface area contributed by atoms with Crippen LogP contribution < -0.4 is 5.73 Å². The lowest BCUT2D eigenvalue weighted by Crippen LogP contribution is -2.45. The number of thioether (sulfide) groups is 1. The summed E-state index contributed by atoms with van der Waals surface area (Å²) in [5, 5.41) is 0.736. The normalized spacial score (nSPS) is 23.1. The summed E-state index contributed by atoms with van der Waals surface area (Å²) in [5.41, 5.74) is 5.84. The third-order valence-corrected chi connectivity index (χ3v) is 3.61. The Morgan fingerprint density at radius 1 is 1.57 bits per heavy atom. The van der Waals surface area contributed by atoms with Crippen LogP contribution in [0.2, 0.25) is 0 Å². The van der Waals surface area contributed by atoms with Crippen molar-refractivity contribution in [3.63, 3.8) is 0 Å². The largest absolute Gasteiger partial charge is 0.370 e. The van der Waals surface area contributed by atoms with E-state index in [0.717, 1.165) is 30.8 Å². The first-order valence-corrected chi connectivity index (χ1v) is 5.99. The highest BCUT2D eigenvalue weighted by molar-refractivity contribution is 14.0. The molecular formula is C9H20IN3S. The van der Waals surface area contributed by atoms with Crippen LogP contribution in [0.5, 0.6) is 0 Å². The van der Waals surface area contributed by atoms with Gasteiger partial charge in [0.25, 0.3) is 0 Å². The zero-order valence-corrected chi connectivity index (χ0v) is 12.0. The molecule has 1 fully saturated rings. The molecule has 14 heavy (non-hydrogen) atoms. The van der Waals surface area contributed by atoms with Crippen LogP contribution in [0, 0.1) is 0 Å². The lowest BCUT2D eigenvalue weighted by atomic mass is 10.3. The van der Waals surface area contributed by atoms with E-state index in [1.54, 1.807) is 0 Å². The molecule has 0 aromatic rings. The van der Waals surface area contributed by atoms with Crippen molar-refractivity contribution in [2.75, 3.05) is 25.4 Å². The number of nitrogens with two attached hydrogens (primary N) is 1. The summed E-state index contributed by atoms with van der Waals surface area (Å²) < 4.78 is 0. The number of aliphatic imine (C=N–C) groups is 1. The minimum Gasteiger partial charge on any atom is -0.370 e. The third-order valence-electron chi connectivity index (χ3n) is 2.24. The van der Waals surface area contributed by atoms with Gasteiger partial charge in [-0.2, -0.15) is 11.8 Å². The fourth-order valence-corrected chi connectivity index (χ4v) is 2.62. The van der Waals surface area contributed by atoms with Crippen molar-refractivity contribution in [2.24, 2.45) is 10.7 Å². The zero-order chi connectivity index (χ0) is 9.68. The number of hydrogen-bond donors (Lipinski definition) is 1. The van der Waals surface area contributed by atoms with Crippen LogP contribution in [0.4, 0.5) is 0 Å². The summed E-state index contributed by atoms with van der Waals surface area (Å²) in [6, 6.07) is 0. The predicted molar refractivity (Wildman–Crippen MR) is 75.7 cm³/mol. The molecule has 0 spiro atoms. The standard InChI is InChI=1S/C9H19N3S.HI/c1-3-8-7-12(5-6-13-8)9(10)11-4-2;/h8H,3-7H2,1-2H3,(H2,10,11);1H. The lowest BCUT2D eigenvalue weighted by Gasteiger charge is -2.32. The van der Waals surface area contributed by atoms with E-state index in [1.165, 1.54) is 12.2 Å². The van der Waals surface area contributed by atoms with Crippen LogP contribution in [-0.2, 0) is 0 Å². The van der Waals surface area contributed by atoms with Gasteiger partial charge in [0.1, 0.15) is 0 Å². The highest BCUT2D eigenvalue weighted by atomic mass is 127. The molecular weight excluding hydrogens is 309 g/mol. The Bertz CT molecular complexity index is 187. The molecule has 0 saturated carbocycles. The van der Waals surface area contributed by atoms with E-state index >= 15 is 0 Å². The van der Waals surface area contributed by atoms with Gasteiger partial charge in [-0.1, -0.05) is 6.92 Å². The van der Waals surface area contributed by atoms with E-state index in [1.807, 2.05) is 6.92 Å². The highest BCUT2D eigenvalue weighted by Gasteiger charge is 2.19. The fraction of sp³-hybridized carbons (Fsp3) is 0.889. The van der Waals surface area contributed by atoms with Crippen molar-refractivity contribution in [1.29, 1.82) is 0 Å². The number of rotatable bonds is 2. The second-order valence-electron chi connectivity index (χ2n) is 3.18. The molecule has 1 rings (SSSR count). The molecule has 3 nitrogen and oxygen atoms in total. The van der Waals surface area contributed by atoms with Crippen molar-refractivity contribution >= 4 is 41.7 Å². The van der Waals surface area contributed by atoms with E-state index in [9.17, 15) is 0 Å². The van der Waals surface area contributed by atoms with Crippen LogP contribution >= 0.6 is 35.7 Å². The Morgan fingerprint density at radius 3 is 2.86 bits per heavy atom. The number of hydrogen-bond acceptors (Lipinski definition) is 2. The van der Waals surface area contributed by atoms with Crippen molar-refractivity contribution in [3.8, 4) is 0 Å². The molecule has 1 heterocycles. The van der Waals surface area contributed by atoms with Crippen molar-refractivity contribution in [2.45, 2.75) is 25.5 Å².